The van der Waals surface area contributed by atoms with Gasteiger partial charge >= 0.3 is 0 Å². The summed E-state index contributed by atoms with van der Waals surface area (Å²) >= 11 is 0. The second kappa shape index (κ2) is 4.64. The van der Waals surface area contributed by atoms with Gasteiger partial charge in [0.05, 0.1) is 26.9 Å². The van der Waals surface area contributed by atoms with Crippen molar-refractivity contribution in [2.24, 2.45) is 0 Å². The fourth-order valence-corrected chi connectivity index (χ4v) is 1.72. The number of hydrogen-bond donors (Lipinski definition) is 0. The van der Waals surface area contributed by atoms with Gasteiger partial charge in [-0.15, -0.1) is 0 Å². The van der Waals surface area contributed by atoms with E-state index < -0.39 is 0 Å². The summed E-state index contributed by atoms with van der Waals surface area (Å²) in [5.41, 5.74) is 2.26. The predicted molar refractivity (Wildman–Crippen MR) is 57.2 cm³/mol. The number of benzene rings is 1. The van der Waals surface area contributed by atoms with Gasteiger partial charge in [-0.05, 0) is 24.1 Å². The van der Waals surface area contributed by atoms with Gasteiger partial charge < -0.3 is 14.2 Å². The summed E-state index contributed by atoms with van der Waals surface area (Å²) in [6.07, 6.45) is 0.0493. The highest BCUT2D eigenvalue weighted by atomic mass is 16.6. The fraction of sp³-hybridized carbons (Fsp3) is 0.500. The fourth-order valence-electron chi connectivity index (χ4n) is 1.72. The maximum absolute atomic E-state index is 5.62. The van der Waals surface area contributed by atoms with E-state index in [1.54, 1.807) is 7.11 Å². The molecule has 2 rings (SSSR count). The van der Waals surface area contributed by atoms with E-state index in [1.165, 1.54) is 0 Å². The van der Waals surface area contributed by atoms with Crippen molar-refractivity contribution in [2.75, 3.05) is 26.9 Å². The first-order chi connectivity index (χ1) is 7.31. The quantitative estimate of drug-likeness (QED) is 0.744. The van der Waals surface area contributed by atoms with Crippen LogP contribution in [0.4, 0.5) is 0 Å². The van der Waals surface area contributed by atoms with Gasteiger partial charge in [0, 0.05) is 0 Å². The van der Waals surface area contributed by atoms with Crippen LogP contribution in [0, 0.1) is 6.92 Å². The average molecular weight is 208 g/mol. The van der Waals surface area contributed by atoms with E-state index in [9.17, 15) is 0 Å². The van der Waals surface area contributed by atoms with Crippen molar-refractivity contribution in [2.45, 2.75) is 13.0 Å². The molecule has 1 aliphatic rings. The minimum Gasteiger partial charge on any atom is -0.496 e. The Morgan fingerprint density at radius 1 is 1.33 bits per heavy atom. The summed E-state index contributed by atoms with van der Waals surface area (Å²) in [6.45, 7) is 4.02. The summed E-state index contributed by atoms with van der Waals surface area (Å²) in [5.74, 6) is 0.904. The molecule has 3 heteroatoms. The molecule has 1 aromatic carbocycles. The van der Waals surface area contributed by atoms with Gasteiger partial charge in [0.15, 0.2) is 0 Å². The van der Waals surface area contributed by atoms with Crippen LogP contribution in [0.25, 0.3) is 0 Å². The Morgan fingerprint density at radius 3 is 2.87 bits per heavy atom. The Labute approximate surface area is 90.0 Å². The van der Waals surface area contributed by atoms with E-state index in [0.717, 1.165) is 16.9 Å². The molecule has 1 heterocycles. The first-order valence-corrected chi connectivity index (χ1v) is 5.15. The highest BCUT2D eigenvalue weighted by Gasteiger charge is 2.17. The Morgan fingerprint density at radius 2 is 2.20 bits per heavy atom. The largest absolute Gasteiger partial charge is 0.496 e. The zero-order valence-electron chi connectivity index (χ0n) is 9.16. The van der Waals surface area contributed by atoms with E-state index in [4.69, 9.17) is 14.2 Å². The maximum atomic E-state index is 5.62. The molecule has 3 nitrogen and oxygen atoms in total. The second-order valence-corrected chi connectivity index (χ2v) is 3.66. The first kappa shape index (κ1) is 10.5. The third-order valence-corrected chi connectivity index (χ3v) is 2.62. The van der Waals surface area contributed by atoms with Crippen LogP contribution in [0.15, 0.2) is 18.2 Å². The summed E-state index contributed by atoms with van der Waals surface area (Å²) in [5, 5.41) is 0. The van der Waals surface area contributed by atoms with Crippen LogP contribution in [-0.2, 0) is 9.47 Å². The molecule has 0 spiro atoms. The van der Waals surface area contributed by atoms with Gasteiger partial charge in [-0.3, -0.25) is 0 Å². The molecule has 0 aromatic heterocycles. The van der Waals surface area contributed by atoms with Crippen LogP contribution in [0.2, 0.25) is 0 Å². The molecular formula is C12H16O3. The van der Waals surface area contributed by atoms with Crippen LogP contribution in [0.5, 0.6) is 5.75 Å². The molecule has 0 N–H and O–H groups in total. The monoisotopic (exact) mass is 208 g/mol. The number of methoxy groups -OCH3 is 1. The normalized spacial score (nSPS) is 21.3. The van der Waals surface area contributed by atoms with E-state index in [1.807, 2.05) is 19.1 Å². The van der Waals surface area contributed by atoms with Gasteiger partial charge in [0.2, 0.25) is 0 Å². The number of aryl methyl sites for hydroxylation is 1. The number of rotatable bonds is 2. The molecule has 15 heavy (non-hydrogen) atoms. The molecule has 0 bridgehead atoms. The van der Waals surface area contributed by atoms with Crippen LogP contribution >= 0.6 is 0 Å². The van der Waals surface area contributed by atoms with Crippen LogP contribution < -0.4 is 4.74 Å². The van der Waals surface area contributed by atoms with Gasteiger partial charge in [-0.2, -0.15) is 0 Å². The van der Waals surface area contributed by atoms with Gasteiger partial charge in [-0.25, -0.2) is 0 Å². The summed E-state index contributed by atoms with van der Waals surface area (Å²) in [4.78, 5) is 0. The molecule has 1 aliphatic heterocycles. The Balaban J connectivity index is 2.20. The lowest BCUT2D eigenvalue weighted by Crippen LogP contribution is -2.21. The lowest BCUT2D eigenvalue weighted by Gasteiger charge is -2.23. The van der Waals surface area contributed by atoms with Crippen molar-refractivity contribution in [3.8, 4) is 5.75 Å². The van der Waals surface area contributed by atoms with Crippen molar-refractivity contribution in [1.82, 2.24) is 0 Å². The van der Waals surface area contributed by atoms with Crippen molar-refractivity contribution in [3.05, 3.63) is 29.3 Å². The van der Waals surface area contributed by atoms with Gasteiger partial charge in [-0.1, -0.05) is 12.1 Å². The van der Waals surface area contributed by atoms with Crippen molar-refractivity contribution in [3.63, 3.8) is 0 Å². The third-order valence-electron chi connectivity index (χ3n) is 2.62. The molecule has 0 amide bonds. The molecule has 1 atom stereocenters. The minimum absolute atomic E-state index is 0.0493. The smallest absolute Gasteiger partial charge is 0.122 e. The zero-order chi connectivity index (χ0) is 10.7. The Kier molecular flexibility index (Phi) is 3.23. The highest BCUT2D eigenvalue weighted by Crippen LogP contribution is 2.26. The topological polar surface area (TPSA) is 27.7 Å². The Bertz CT molecular complexity index is 330. The molecule has 0 radical (unpaired) electrons. The van der Waals surface area contributed by atoms with Crippen molar-refractivity contribution in [1.29, 1.82) is 0 Å². The summed E-state index contributed by atoms with van der Waals surface area (Å²) in [6, 6.07) is 6.14. The van der Waals surface area contributed by atoms with Crippen molar-refractivity contribution < 1.29 is 14.2 Å². The zero-order valence-corrected chi connectivity index (χ0v) is 9.16. The predicted octanol–water partition coefficient (Wildman–Crippen LogP) is 2.09. The molecule has 1 aromatic rings. The molecule has 1 unspecified atom stereocenters. The standard InChI is InChI=1S/C12H16O3/c1-9-3-4-10(7-11(9)13-2)12-8-14-5-6-15-12/h3-4,7,12H,5-6,8H2,1-2H3. The summed E-state index contributed by atoms with van der Waals surface area (Å²) in [7, 11) is 1.68. The molecule has 1 saturated heterocycles. The second-order valence-electron chi connectivity index (χ2n) is 3.66. The van der Waals surface area contributed by atoms with E-state index in [2.05, 4.69) is 6.07 Å². The highest BCUT2D eigenvalue weighted by molar-refractivity contribution is 5.37. The molecule has 1 fully saturated rings. The molecule has 82 valence electrons. The SMILES string of the molecule is COc1cc(C2COCCO2)ccc1C. The van der Waals surface area contributed by atoms with E-state index >= 15 is 0 Å². The lowest BCUT2D eigenvalue weighted by atomic mass is 10.1. The van der Waals surface area contributed by atoms with E-state index in [-0.39, 0.29) is 6.10 Å². The van der Waals surface area contributed by atoms with E-state index in [0.29, 0.717) is 19.8 Å². The van der Waals surface area contributed by atoms with Gasteiger partial charge in [0.1, 0.15) is 11.9 Å². The number of ether oxygens (including phenoxy) is 3. The summed E-state index contributed by atoms with van der Waals surface area (Å²) < 4.78 is 16.3. The van der Waals surface area contributed by atoms with Gasteiger partial charge in [0.25, 0.3) is 0 Å². The maximum Gasteiger partial charge on any atom is 0.122 e. The van der Waals surface area contributed by atoms with Crippen molar-refractivity contribution >= 4 is 0 Å². The molecule has 0 aliphatic carbocycles. The first-order valence-electron chi connectivity index (χ1n) is 5.15. The Hall–Kier alpha value is -1.06. The number of hydrogen-bond acceptors (Lipinski definition) is 3. The minimum atomic E-state index is 0.0493. The van der Waals surface area contributed by atoms with Crippen LogP contribution in [0.1, 0.15) is 17.2 Å². The van der Waals surface area contributed by atoms with Crippen LogP contribution in [-0.4, -0.2) is 26.9 Å². The molecular weight excluding hydrogens is 192 g/mol. The van der Waals surface area contributed by atoms with Crippen LogP contribution in [0.3, 0.4) is 0 Å². The lowest BCUT2D eigenvalue weighted by molar-refractivity contribution is -0.0902. The average Bonchev–Trinajstić information content (AvgIpc) is 2.31. The third kappa shape index (κ3) is 2.30. The molecule has 0 saturated carbocycles.